The molecule has 3 heteroatoms. The van der Waals surface area contributed by atoms with Crippen molar-refractivity contribution in [3.05, 3.63) is 23.8 Å². The van der Waals surface area contributed by atoms with E-state index >= 15 is 0 Å². The van der Waals surface area contributed by atoms with Crippen LogP contribution < -0.4 is 0 Å². The van der Waals surface area contributed by atoms with Crippen LogP contribution in [0.15, 0.2) is 12.4 Å². The minimum Gasteiger partial charge on any atom is -0.258 e. The highest BCUT2D eigenvalue weighted by Crippen LogP contribution is 2.28. The largest absolute Gasteiger partial charge is 0.258 e. The standard InChI is InChI=1S/C11H17BrN2/c1-8-9(14-6-5-13-8)7-10(12)11(2,3)4/h5-6,10H,7H2,1-4H3. The third kappa shape index (κ3) is 3.05. The van der Waals surface area contributed by atoms with Crippen molar-refractivity contribution in [2.24, 2.45) is 5.41 Å². The van der Waals surface area contributed by atoms with Gasteiger partial charge in [-0.25, -0.2) is 0 Å². The smallest absolute Gasteiger partial charge is 0.0627 e. The molecule has 0 aliphatic heterocycles. The summed E-state index contributed by atoms with van der Waals surface area (Å²) in [7, 11) is 0. The molecule has 1 aromatic rings. The molecule has 14 heavy (non-hydrogen) atoms. The van der Waals surface area contributed by atoms with Crippen molar-refractivity contribution in [2.45, 2.75) is 38.9 Å². The van der Waals surface area contributed by atoms with Gasteiger partial charge in [0.15, 0.2) is 0 Å². The van der Waals surface area contributed by atoms with Crippen LogP contribution in [0.3, 0.4) is 0 Å². The minimum absolute atomic E-state index is 0.254. The van der Waals surface area contributed by atoms with Crippen LogP contribution in [0.5, 0.6) is 0 Å². The Kier molecular flexibility index (Phi) is 3.65. The van der Waals surface area contributed by atoms with E-state index in [0.29, 0.717) is 4.83 Å². The normalized spacial score (nSPS) is 14.1. The molecule has 0 spiro atoms. The van der Waals surface area contributed by atoms with Crippen LogP contribution in [-0.4, -0.2) is 14.8 Å². The number of nitrogens with zero attached hydrogens (tertiary/aromatic N) is 2. The zero-order valence-corrected chi connectivity index (χ0v) is 10.8. The number of rotatable bonds is 2. The van der Waals surface area contributed by atoms with Crippen LogP contribution in [0, 0.1) is 12.3 Å². The van der Waals surface area contributed by atoms with E-state index in [1.165, 1.54) is 0 Å². The molecule has 1 heterocycles. The van der Waals surface area contributed by atoms with E-state index < -0.39 is 0 Å². The van der Waals surface area contributed by atoms with Gasteiger partial charge in [0, 0.05) is 23.6 Å². The lowest BCUT2D eigenvalue weighted by molar-refractivity contribution is 0.395. The number of halogens is 1. The number of hydrogen-bond acceptors (Lipinski definition) is 2. The van der Waals surface area contributed by atoms with Crippen LogP contribution in [0.1, 0.15) is 32.2 Å². The second-order valence-electron chi connectivity index (χ2n) is 4.63. The van der Waals surface area contributed by atoms with Crippen molar-refractivity contribution in [3.63, 3.8) is 0 Å². The predicted octanol–water partition coefficient (Wildman–Crippen LogP) is 3.14. The lowest BCUT2D eigenvalue weighted by Crippen LogP contribution is -2.23. The first-order chi connectivity index (χ1) is 6.41. The molecular formula is C11H17BrN2. The lowest BCUT2D eigenvalue weighted by Gasteiger charge is -2.25. The molecule has 2 nitrogen and oxygen atoms in total. The Morgan fingerprint density at radius 3 is 2.36 bits per heavy atom. The van der Waals surface area contributed by atoms with E-state index in [1.807, 2.05) is 6.92 Å². The third-order valence-corrected chi connectivity index (χ3v) is 3.99. The monoisotopic (exact) mass is 256 g/mol. The average molecular weight is 257 g/mol. The van der Waals surface area contributed by atoms with Gasteiger partial charge in [0.25, 0.3) is 0 Å². The van der Waals surface area contributed by atoms with E-state index in [-0.39, 0.29) is 5.41 Å². The molecule has 1 atom stereocenters. The Balaban J connectivity index is 2.75. The van der Waals surface area contributed by atoms with Gasteiger partial charge in [0.05, 0.1) is 11.4 Å². The molecule has 0 radical (unpaired) electrons. The molecule has 0 saturated heterocycles. The van der Waals surface area contributed by atoms with Gasteiger partial charge in [-0.05, 0) is 12.3 Å². The molecular weight excluding hydrogens is 240 g/mol. The first-order valence-electron chi connectivity index (χ1n) is 4.82. The molecule has 0 N–H and O–H groups in total. The summed E-state index contributed by atoms with van der Waals surface area (Å²) in [6.45, 7) is 8.67. The predicted molar refractivity (Wildman–Crippen MR) is 62.6 cm³/mol. The Bertz CT molecular complexity index is 304. The van der Waals surface area contributed by atoms with Crippen LogP contribution in [0.4, 0.5) is 0 Å². The summed E-state index contributed by atoms with van der Waals surface area (Å²) in [5, 5.41) is 0. The topological polar surface area (TPSA) is 25.8 Å². The zero-order valence-electron chi connectivity index (χ0n) is 9.21. The molecule has 0 bridgehead atoms. The van der Waals surface area contributed by atoms with Crippen molar-refractivity contribution in [1.82, 2.24) is 9.97 Å². The summed E-state index contributed by atoms with van der Waals surface area (Å²) < 4.78 is 0. The van der Waals surface area contributed by atoms with Gasteiger partial charge in [-0.1, -0.05) is 36.7 Å². The molecule has 0 aromatic carbocycles. The van der Waals surface area contributed by atoms with Crippen molar-refractivity contribution >= 4 is 15.9 Å². The number of hydrogen-bond donors (Lipinski definition) is 0. The minimum atomic E-state index is 0.254. The fourth-order valence-corrected chi connectivity index (χ4v) is 1.42. The van der Waals surface area contributed by atoms with Gasteiger partial charge in [-0.3, -0.25) is 9.97 Å². The summed E-state index contributed by atoms with van der Waals surface area (Å²) >= 11 is 3.70. The summed E-state index contributed by atoms with van der Waals surface area (Å²) in [4.78, 5) is 9.01. The third-order valence-electron chi connectivity index (χ3n) is 2.30. The molecule has 1 rings (SSSR count). The fraction of sp³-hybridized carbons (Fsp3) is 0.636. The Labute approximate surface area is 94.3 Å². The molecule has 0 aliphatic carbocycles. The van der Waals surface area contributed by atoms with Crippen molar-refractivity contribution in [3.8, 4) is 0 Å². The second-order valence-corrected chi connectivity index (χ2v) is 5.73. The Morgan fingerprint density at radius 1 is 1.29 bits per heavy atom. The Hall–Kier alpha value is -0.440. The summed E-state index contributed by atoms with van der Waals surface area (Å²) in [5.41, 5.74) is 2.37. The van der Waals surface area contributed by atoms with Gasteiger partial charge in [0.2, 0.25) is 0 Å². The van der Waals surface area contributed by atoms with Crippen LogP contribution in [0.25, 0.3) is 0 Å². The highest BCUT2D eigenvalue weighted by Gasteiger charge is 2.22. The lowest BCUT2D eigenvalue weighted by atomic mass is 9.89. The first kappa shape index (κ1) is 11.6. The van der Waals surface area contributed by atoms with Gasteiger partial charge in [-0.15, -0.1) is 0 Å². The SMILES string of the molecule is Cc1nccnc1CC(Br)C(C)(C)C. The molecule has 1 aromatic heterocycles. The van der Waals surface area contributed by atoms with Gasteiger partial charge >= 0.3 is 0 Å². The maximum Gasteiger partial charge on any atom is 0.0627 e. The molecule has 1 unspecified atom stereocenters. The van der Waals surface area contributed by atoms with E-state index in [0.717, 1.165) is 17.8 Å². The van der Waals surface area contributed by atoms with Crippen LogP contribution >= 0.6 is 15.9 Å². The number of aryl methyl sites for hydroxylation is 1. The van der Waals surface area contributed by atoms with Crippen LogP contribution in [0.2, 0.25) is 0 Å². The highest BCUT2D eigenvalue weighted by molar-refractivity contribution is 9.09. The molecule has 0 saturated carbocycles. The first-order valence-corrected chi connectivity index (χ1v) is 5.73. The molecule has 0 amide bonds. The van der Waals surface area contributed by atoms with E-state index in [9.17, 15) is 0 Å². The van der Waals surface area contributed by atoms with E-state index in [1.54, 1.807) is 12.4 Å². The van der Waals surface area contributed by atoms with Crippen LogP contribution in [-0.2, 0) is 6.42 Å². The average Bonchev–Trinajstić information content (AvgIpc) is 2.07. The van der Waals surface area contributed by atoms with Gasteiger partial charge < -0.3 is 0 Å². The Morgan fingerprint density at radius 2 is 1.86 bits per heavy atom. The van der Waals surface area contributed by atoms with Gasteiger partial charge in [0.1, 0.15) is 0 Å². The van der Waals surface area contributed by atoms with Crippen molar-refractivity contribution in [1.29, 1.82) is 0 Å². The van der Waals surface area contributed by atoms with E-state index in [4.69, 9.17) is 0 Å². The second kappa shape index (κ2) is 4.39. The van der Waals surface area contributed by atoms with Gasteiger partial charge in [-0.2, -0.15) is 0 Å². The fourth-order valence-electron chi connectivity index (χ4n) is 1.11. The van der Waals surface area contributed by atoms with E-state index in [2.05, 4.69) is 46.7 Å². The van der Waals surface area contributed by atoms with Crippen molar-refractivity contribution in [2.75, 3.05) is 0 Å². The maximum atomic E-state index is 4.34. The number of aromatic nitrogens is 2. The summed E-state index contributed by atoms with van der Waals surface area (Å²) in [5.74, 6) is 0. The molecule has 0 aliphatic rings. The highest BCUT2D eigenvalue weighted by atomic mass is 79.9. The number of alkyl halides is 1. The molecule has 78 valence electrons. The summed E-state index contributed by atoms with van der Waals surface area (Å²) in [6, 6.07) is 0. The van der Waals surface area contributed by atoms with Crippen molar-refractivity contribution < 1.29 is 0 Å². The summed E-state index contributed by atoms with van der Waals surface area (Å²) in [6.07, 6.45) is 4.42. The maximum absolute atomic E-state index is 4.34. The quantitative estimate of drug-likeness (QED) is 0.760. The molecule has 0 fully saturated rings. The zero-order chi connectivity index (χ0) is 10.8.